The van der Waals surface area contributed by atoms with E-state index in [2.05, 4.69) is 115 Å². The largest absolute Gasteiger partial charge is 0.455 e. The molecule has 4 nitrogen and oxygen atoms in total. The summed E-state index contributed by atoms with van der Waals surface area (Å²) in [6, 6.07) is 54.1. The molecule has 234 valence electrons. The molecule has 0 bridgehead atoms. The number of hydrogen-bond donors (Lipinski definition) is 0. The second kappa shape index (κ2) is 11.4. The smallest absolute Gasteiger partial charge is 0.164 e. The van der Waals surface area contributed by atoms with Gasteiger partial charge in [-0.2, -0.15) is 0 Å². The van der Waals surface area contributed by atoms with Gasteiger partial charge in [0.15, 0.2) is 17.5 Å². The number of aromatic nitrogens is 3. The van der Waals surface area contributed by atoms with Crippen molar-refractivity contribution in [1.29, 1.82) is 0 Å². The molecule has 0 unspecified atom stereocenters. The van der Waals surface area contributed by atoms with Crippen LogP contribution < -0.4 is 0 Å². The van der Waals surface area contributed by atoms with Crippen molar-refractivity contribution in [2.45, 2.75) is 0 Å². The van der Waals surface area contributed by atoms with Gasteiger partial charge in [-0.25, -0.2) is 15.0 Å². The molecule has 50 heavy (non-hydrogen) atoms. The highest BCUT2D eigenvalue weighted by molar-refractivity contribution is 6.38. The minimum Gasteiger partial charge on any atom is -0.455 e. The lowest BCUT2D eigenvalue weighted by atomic mass is 9.97. The van der Waals surface area contributed by atoms with Crippen LogP contribution in [0.1, 0.15) is 0 Å². The molecule has 0 amide bonds. The molecule has 0 spiro atoms. The predicted octanol–water partition coefficient (Wildman–Crippen LogP) is 12.6. The number of nitrogens with zero attached hydrogens (tertiary/aromatic N) is 3. The van der Waals surface area contributed by atoms with E-state index in [0.717, 1.165) is 71.1 Å². The van der Waals surface area contributed by atoms with Crippen molar-refractivity contribution in [2.24, 2.45) is 0 Å². The number of rotatable bonds is 4. The summed E-state index contributed by atoms with van der Waals surface area (Å²) in [6.45, 7) is 0. The van der Waals surface area contributed by atoms with Crippen LogP contribution in [-0.2, 0) is 0 Å². The van der Waals surface area contributed by atoms with Gasteiger partial charge in [0.25, 0.3) is 0 Å². The molecule has 2 heterocycles. The minimum absolute atomic E-state index is 0.517. The fraction of sp³-hybridized carbons (Fsp3) is 0. The van der Waals surface area contributed by atoms with E-state index in [-0.39, 0.29) is 0 Å². The molecule has 0 saturated carbocycles. The lowest BCUT2D eigenvalue weighted by Crippen LogP contribution is -2.01. The topological polar surface area (TPSA) is 51.8 Å². The summed E-state index contributed by atoms with van der Waals surface area (Å²) in [5.74, 6) is 1.68. The third-order valence-corrected chi connectivity index (χ3v) is 9.87. The first-order valence-corrected chi connectivity index (χ1v) is 16.9. The molecular weight excluding hydrogens is 634 g/mol. The van der Waals surface area contributed by atoms with E-state index in [1.807, 2.05) is 42.5 Å². The van der Waals surface area contributed by atoms with Gasteiger partial charge in [0.05, 0.1) is 5.02 Å². The highest BCUT2D eigenvalue weighted by Crippen LogP contribution is 2.41. The van der Waals surface area contributed by atoms with Crippen LogP contribution in [0.5, 0.6) is 0 Å². The van der Waals surface area contributed by atoms with Gasteiger partial charge in [0.1, 0.15) is 11.2 Å². The van der Waals surface area contributed by atoms with E-state index in [0.29, 0.717) is 28.1 Å². The molecule has 0 N–H and O–H groups in total. The van der Waals surface area contributed by atoms with Gasteiger partial charge >= 0.3 is 0 Å². The fourth-order valence-electron chi connectivity index (χ4n) is 7.15. The Morgan fingerprint density at radius 1 is 0.400 bits per heavy atom. The van der Waals surface area contributed by atoms with E-state index in [1.54, 1.807) is 0 Å². The summed E-state index contributed by atoms with van der Waals surface area (Å²) >= 11 is 7.09. The quantitative estimate of drug-likeness (QED) is 0.176. The Bertz CT molecular complexity index is 2930. The maximum Gasteiger partial charge on any atom is 0.164 e. The van der Waals surface area contributed by atoms with Gasteiger partial charge in [-0.15, -0.1) is 0 Å². The third-order valence-electron chi connectivity index (χ3n) is 9.57. The average Bonchev–Trinajstić information content (AvgIpc) is 3.58. The summed E-state index contributed by atoms with van der Waals surface area (Å²) in [7, 11) is 0. The molecule has 10 aromatic rings. The van der Waals surface area contributed by atoms with Gasteiger partial charge in [-0.05, 0) is 62.3 Å². The Labute approximate surface area is 292 Å². The molecular formula is C45H26ClN3O. The Morgan fingerprint density at radius 3 is 1.80 bits per heavy atom. The zero-order valence-electron chi connectivity index (χ0n) is 26.6. The van der Waals surface area contributed by atoms with Gasteiger partial charge in [-0.3, -0.25) is 0 Å². The normalized spacial score (nSPS) is 11.7. The van der Waals surface area contributed by atoms with E-state index in [4.69, 9.17) is 31.0 Å². The van der Waals surface area contributed by atoms with Crippen molar-refractivity contribution in [2.75, 3.05) is 0 Å². The van der Waals surface area contributed by atoms with Crippen LogP contribution in [0, 0.1) is 0 Å². The first-order chi connectivity index (χ1) is 24.7. The highest BCUT2D eigenvalue weighted by atomic mass is 35.5. The maximum atomic E-state index is 7.09. The fourth-order valence-corrected chi connectivity index (χ4v) is 7.46. The molecule has 0 fully saturated rings. The lowest BCUT2D eigenvalue weighted by molar-refractivity contribution is 0.673. The van der Waals surface area contributed by atoms with E-state index in [1.165, 1.54) is 5.39 Å². The highest BCUT2D eigenvalue weighted by Gasteiger charge is 2.19. The first kappa shape index (κ1) is 28.6. The zero-order valence-corrected chi connectivity index (χ0v) is 27.4. The van der Waals surface area contributed by atoms with Gasteiger partial charge in [0.2, 0.25) is 0 Å². The molecule has 10 rings (SSSR count). The van der Waals surface area contributed by atoms with Gasteiger partial charge in [0, 0.05) is 32.8 Å². The van der Waals surface area contributed by atoms with Crippen LogP contribution in [0.2, 0.25) is 5.02 Å². The summed E-state index contributed by atoms with van der Waals surface area (Å²) in [6.07, 6.45) is 0. The Hall–Kier alpha value is -6.36. The maximum absolute atomic E-state index is 7.09. The molecule has 2 aromatic heterocycles. The molecule has 8 aromatic carbocycles. The molecule has 0 radical (unpaired) electrons. The lowest BCUT2D eigenvalue weighted by Gasteiger charge is -2.13. The van der Waals surface area contributed by atoms with E-state index in [9.17, 15) is 0 Å². The molecule has 0 atom stereocenters. The van der Waals surface area contributed by atoms with Crippen LogP contribution in [0.15, 0.2) is 162 Å². The predicted molar refractivity (Wildman–Crippen MR) is 206 cm³/mol. The van der Waals surface area contributed by atoms with Crippen LogP contribution in [0.3, 0.4) is 0 Å². The first-order valence-electron chi connectivity index (χ1n) is 16.5. The molecule has 5 heteroatoms. The van der Waals surface area contributed by atoms with Crippen LogP contribution in [0.4, 0.5) is 0 Å². The summed E-state index contributed by atoms with van der Waals surface area (Å²) in [4.78, 5) is 15.4. The second-order valence-corrected chi connectivity index (χ2v) is 12.9. The second-order valence-electron chi connectivity index (χ2n) is 12.5. The Balaban J connectivity index is 1.20. The van der Waals surface area contributed by atoms with Crippen molar-refractivity contribution >= 4 is 65.9 Å². The standard InChI is InChI=1S/C45H26ClN3O/c46-39-25-32(26-40-41(39)37-23-22-29-12-4-7-15-34(29)42(37)50-40)44-47-43(30-20-18-28(19-21-30)27-10-2-1-3-11-27)48-45(49-44)38-24-31-13-5-6-14-33(31)35-16-8-9-17-36(35)38/h1-26H. The zero-order chi connectivity index (χ0) is 33.2. The number of fused-ring (bicyclic) bond motifs is 8. The van der Waals surface area contributed by atoms with Crippen molar-refractivity contribution < 1.29 is 4.42 Å². The van der Waals surface area contributed by atoms with Crippen molar-refractivity contribution in [3.63, 3.8) is 0 Å². The molecule has 0 aliphatic rings. The summed E-state index contributed by atoms with van der Waals surface area (Å²) < 4.78 is 6.54. The van der Waals surface area contributed by atoms with Crippen LogP contribution in [-0.4, -0.2) is 15.0 Å². The number of furan rings is 1. The number of hydrogen-bond acceptors (Lipinski definition) is 4. The summed E-state index contributed by atoms with van der Waals surface area (Å²) in [5, 5.41) is 9.13. The Morgan fingerprint density at radius 2 is 1.00 bits per heavy atom. The van der Waals surface area contributed by atoms with Crippen molar-refractivity contribution in [1.82, 2.24) is 15.0 Å². The average molecular weight is 660 g/mol. The van der Waals surface area contributed by atoms with E-state index >= 15 is 0 Å². The van der Waals surface area contributed by atoms with Crippen molar-refractivity contribution in [3.8, 4) is 45.3 Å². The van der Waals surface area contributed by atoms with E-state index < -0.39 is 0 Å². The van der Waals surface area contributed by atoms with Crippen LogP contribution in [0.25, 0.3) is 99.5 Å². The number of benzene rings is 8. The number of halogens is 1. The SMILES string of the molecule is Clc1cc(-c2nc(-c3ccc(-c4ccccc4)cc3)nc(-c3cc4ccccc4c4ccccc34)n2)cc2oc3c4ccccc4ccc3c12. The Kier molecular flexibility index (Phi) is 6.51. The van der Waals surface area contributed by atoms with Gasteiger partial charge < -0.3 is 4.42 Å². The monoisotopic (exact) mass is 659 g/mol. The molecule has 0 aliphatic heterocycles. The van der Waals surface area contributed by atoms with Crippen molar-refractivity contribution in [3.05, 3.63) is 163 Å². The molecule has 0 saturated heterocycles. The summed E-state index contributed by atoms with van der Waals surface area (Å²) in [5.41, 5.74) is 6.36. The van der Waals surface area contributed by atoms with Crippen LogP contribution >= 0.6 is 11.6 Å². The third kappa shape index (κ3) is 4.65. The minimum atomic E-state index is 0.517. The molecule has 0 aliphatic carbocycles. The van der Waals surface area contributed by atoms with Gasteiger partial charge in [-0.1, -0.05) is 145 Å².